The van der Waals surface area contributed by atoms with Gasteiger partial charge in [-0.05, 0) is 86.7 Å². The lowest BCUT2D eigenvalue weighted by Gasteiger charge is -2.39. The molecule has 9 nitrogen and oxygen atoms in total. The first-order valence-corrected chi connectivity index (χ1v) is 15.4. The van der Waals surface area contributed by atoms with Crippen molar-refractivity contribution in [1.82, 2.24) is 24.5 Å². The van der Waals surface area contributed by atoms with Crippen LogP contribution in [0.15, 0.2) is 91.3 Å². The van der Waals surface area contributed by atoms with Crippen LogP contribution in [-0.4, -0.2) is 61.7 Å². The smallest absolute Gasteiger partial charge is 0.253 e. The Morgan fingerprint density at radius 2 is 1.75 bits per heavy atom. The Kier molecular flexibility index (Phi) is 7.47. The number of piperidine rings is 2. The molecule has 1 unspecified atom stereocenters. The number of nitrogens with one attached hydrogen (secondary N) is 1. The van der Waals surface area contributed by atoms with Crippen LogP contribution in [0.25, 0.3) is 5.65 Å². The van der Waals surface area contributed by atoms with Crippen molar-refractivity contribution in [3.05, 3.63) is 114 Å². The summed E-state index contributed by atoms with van der Waals surface area (Å²) in [6.45, 7) is 4.94. The van der Waals surface area contributed by atoms with E-state index in [4.69, 9.17) is 4.98 Å². The van der Waals surface area contributed by atoms with E-state index >= 15 is 0 Å². The lowest BCUT2D eigenvalue weighted by Crippen LogP contribution is -2.42. The Bertz CT molecular complexity index is 1740. The van der Waals surface area contributed by atoms with Gasteiger partial charge in [-0.15, -0.1) is 5.10 Å². The maximum atomic E-state index is 13.3. The van der Waals surface area contributed by atoms with Gasteiger partial charge in [0.25, 0.3) is 5.91 Å². The predicted molar refractivity (Wildman–Crippen MR) is 171 cm³/mol. The van der Waals surface area contributed by atoms with Gasteiger partial charge in [0.1, 0.15) is 0 Å². The molecule has 5 aromatic rings. The van der Waals surface area contributed by atoms with Crippen LogP contribution in [0.4, 0.5) is 17.3 Å². The molecule has 7 rings (SSSR count). The monoisotopic (exact) mass is 587 g/mol. The molecule has 2 aromatic carbocycles. The minimum Gasteiger partial charge on any atom is -0.385 e. The maximum Gasteiger partial charge on any atom is 0.253 e. The van der Waals surface area contributed by atoms with Crippen molar-refractivity contribution in [3.63, 3.8) is 0 Å². The second kappa shape index (κ2) is 11.7. The number of fused-ring (bicyclic) bond motifs is 1. The molecule has 5 heterocycles. The van der Waals surface area contributed by atoms with Crippen LogP contribution in [0.1, 0.15) is 58.8 Å². The Morgan fingerprint density at radius 1 is 0.955 bits per heavy atom. The van der Waals surface area contributed by atoms with E-state index in [1.54, 1.807) is 4.52 Å². The molecular formula is C35H37N7O2. The Labute approximate surface area is 257 Å². The van der Waals surface area contributed by atoms with Gasteiger partial charge in [0.2, 0.25) is 5.95 Å². The number of carbonyl (C=O) groups excluding carboxylic acids is 1. The molecule has 44 heavy (non-hydrogen) atoms. The number of aliphatic hydroxyl groups is 1. The van der Waals surface area contributed by atoms with Crippen molar-refractivity contribution in [1.29, 1.82) is 0 Å². The second-order valence-corrected chi connectivity index (χ2v) is 12.0. The van der Waals surface area contributed by atoms with Crippen LogP contribution >= 0.6 is 0 Å². The number of nitrogens with zero attached hydrogens (tertiary/aromatic N) is 6. The number of aromatic nitrogens is 4. The summed E-state index contributed by atoms with van der Waals surface area (Å²) in [5, 5.41) is 19.3. The van der Waals surface area contributed by atoms with E-state index < -0.39 is 5.60 Å². The molecule has 3 aromatic heterocycles. The van der Waals surface area contributed by atoms with E-state index in [0.717, 1.165) is 60.8 Å². The summed E-state index contributed by atoms with van der Waals surface area (Å²) in [5.74, 6) is 0.799. The zero-order valence-electron chi connectivity index (χ0n) is 24.9. The number of aryl methyl sites for hydroxylation is 1. The summed E-state index contributed by atoms with van der Waals surface area (Å²) in [7, 11) is 0. The molecule has 9 heteroatoms. The lowest BCUT2D eigenvalue weighted by molar-refractivity contribution is 0.0118. The summed E-state index contributed by atoms with van der Waals surface area (Å²) >= 11 is 0. The molecule has 2 aliphatic rings. The highest BCUT2D eigenvalue weighted by atomic mass is 16.3. The Balaban J connectivity index is 1.01. The summed E-state index contributed by atoms with van der Waals surface area (Å²) in [6, 6.07) is 25.7. The number of hydrogen-bond acceptors (Lipinski definition) is 7. The number of amides is 1. The van der Waals surface area contributed by atoms with Crippen LogP contribution in [0.3, 0.4) is 0 Å². The molecule has 2 fully saturated rings. The van der Waals surface area contributed by atoms with E-state index in [-0.39, 0.29) is 11.8 Å². The van der Waals surface area contributed by atoms with E-state index in [1.807, 2.05) is 78.0 Å². The number of anilines is 3. The minimum absolute atomic E-state index is 0.0449. The van der Waals surface area contributed by atoms with Crippen LogP contribution in [-0.2, 0) is 5.60 Å². The van der Waals surface area contributed by atoms with Crippen molar-refractivity contribution < 1.29 is 9.90 Å². The first-order chi connectivity index (χ1) is 21.4. The fraction of sp³-hybridized carbons (Fsp3) is 0.314. The third-order valence-electron chi connectivity index (χ3n) is 9.06. The van der Waals surface area contributed by atoms with Crippen molar-refractivity contribution in [3.8, 4) is 0 Å². The molecule has 2 saturated heterocycles. The molecular weight excluding hydrogens is 550 g/mol. The summed E-state index contributed by atoms with van der Waals surface area (Å²) in [6.07, 6.45) is 7.01. The lowest BCUT2D eigenvalue weighted by atomic mass is 9.84. The van der Waals surface area contributed by atoms with E-state index in [0.29, 0.717) is 30.9 Å². The summed E-state index contributed by atoms with van der Waals surface area (Å²) in [4.78, 5) is 26.9. The molecule has 0 radical (unpaired) electrons. The fourth-order valence-electron chi connectivity index (χ4n) is 6.49. The number of benzene rings is 2. The quantitative estimate of drug-likeness (QED) is 0.264. The SMILES string of the molecule is Cc1ccc(C2(O)CCN(c3cccn4nc(Nc5ccc(C(=O)N6CCCC(c7ccccn7)C6)cc5)nc34)CC2)cc1. The molecule has 1 amide bonds. The zero-order valence-corrected chi connectivity index (χ0v) is 24.9. The van der Waals surface area contributed by atoms with Gasteiger partial charge in [-0.3, -0.25) is 9.78 Å². The summed E-state index contributed by atoms with van der Waals surface area (Å²) in [5.41, 5.74) is 5.63. The Morgan fingerprint density at radius 3 is 2.50 bits per heavy atom. The predicted octanol–water partition coefficient (Wildman–Crippen LogP) is 5.68. The molecule has 0 spiro atoms. The van der Waals surface area contributed by atoms with Gasteiger partial charge in [0.15, 0.2) is 5.65 Å². The van der Waals surface area contributed by atoms with E-state index in [2.05, 4.69) is 45.4 Å². The first kappa shape index (κ1) is 28.0. The number of pyridine rings is 2. The van der Waals surface area contributed by atoms with Crippen LogP contribution in [0.2, 0.25) is 0 Å². The van der Waals surface area contributed by atoms with Gasteiger partial charge in [0, 0.05) is 61.4 Å². The average Bonchev–Trinajstić information content (AvgIpc) is 3.49. The van der Waals surface area contributed by atoms with Crippen molar-refractivity contribution in [2.24, 2.45) is 0 Å². The highest BCUT2D eigenvalue weighted by molar-refractivity contribution is 5.94. The van der Waals surface area contributed by atoms with Crippen molar-refractivity contribution >= 4 is 28.9 Å². The van der Waals surface area contributed by atoms with Crippen molar-refractivity contribution in [2.45, 2.75) is 44.1 Å². The molecule has 0 bridgehead atoms. The highest BCUT2D eigenvalue weighted by Gasteiger charge is 2.34. The summed E-state index contributed by atoms with van der Waals surface area (Å²) < 4.78 is 1.78. The number of hydrogen-bond donors (Lipinski definition) is 2. The number of rotatable bonds is 6. The molecule has 224 valence electrons. The maximum absolute atomic E-state index is 13.3. The molecule has 0 aliphatic carbocycles. The largest absolute Gasteiger partial charge is 0.385 e. The van der Waals surface area contributed by atoms with Crippen LogP contribution in [0.5, 0.6) is 0 Å². The van der Waals surface area contributed by atoms with Crippen LogP contribution in [0, 0.1) is 6.92 Å². The Hall–Kier alpha value is -4.76. The zero-order chi connectivity index (χ0) is 30.1. The average molecular weight is 588 g/mol. The number of likely N-dealkylation sites (tertiary alicyclic amines) is 1. The molecule has 1 atom stereocenters. The van der Waals surface area contributed by atoms with Crippen molar-refractivity contribution in [2.75, 3.05) is 36.4 Å². The topological polar surface area (TPSA) is 98.9 Å². The van der Waals surface area contributed by atoms with E-state index in [1.165, 1.54) is 5.56 Å². The van der Waals surface area contributed by atoms with Gasteiger partial charge in [-0.25, -0.2) is 4.52 Å². The van der Waals surface area contributed by atoms with Gasteiger partial charge in [0.05, 0.1) is 11.3 Å². The minimum atomic E-state index is -0.821. The van der Waals surface area contributed by atoms with Gasteiger partial charge in [-0.1, -0.05) is 35.9 Å². The number of carbonyl (C=O) groups is 1. The van der Waals surface area contributed by atoms with E-state index in [9.17, 15) is 9.90 Å². The third kappa shape index (κ3) is 5.63. The van der Waals surface area contributed by atoms with Gasteiger partial charge >= 0.3 is 0 Å². The normalized spacial score (nSPS) is 18.4. The van der Waals surface area contributed by atoms with Gasteiger partial charge < -0.3 is 20.2 Å². The molecule has 2 N–H and O–H groups in total. The fourth-order valence-corrected chi connectivity index (χ4v) is 6.49. The molecule has 0 saturated carbocycles. The standard InChI is InChI=1S/C35H37N7O2/c1-25-9-13-28(14-10-25)35(44)17-22-40(23-18-35)31-8-5-21-42-32(31)38-34(39-42)37-29-15-11-26(12-16-29)33(43)41-20-4-6-27(24-41)30-7-2-3-19-36-30/h2-3,5,7-16,19,21,27,44H,4,6,17-18,20,22-24H2,1H3,(H,37,39). The first-order valence-electron chi connectivity index (χ1n) is 15.4. The van der Waals surface area contributed by atoms with Gasteiger partial charge in [-0.2, -0.15) is 4.98 Å². The molecule has 2 aliphatic heterocycles. The second-order valence-electron chi connectivity index (χ2n) is 12.0. The highest BCUT2D eigenvalue weighted by Crippen LogP contribution is 2.36. The third-order valence-corrected chi connectivity index (χ3v) is 9.06. The van der Waals surface area contributed by atoms with Crippen LogP contribution < -0.4 is 10.2 Å².